The van der Waals surface area contributed by atoms with Crippen molar-refractivity contribution in [3.05, 3.63) is 70.8 Å². The van der Waals surface area contributed by atoms with Gasteiger partial charge in [0.15, 0.2) is 0 Å². The Balaban J connectivity index is 1.68. The molecule has 2 nitrogen and oxygen atoms in total. The fourth-order valence-electron chi connectivity index (χ4n) is 4.23. The molecule has 1 heterocycles. The molecule has 0 spiro atoms. The summed E-state index contributed by atoms with van der Waals surface area (Å²) in [5, 5.41) is 0. The maximum Gasteiger partial charge on any atom is 0.0512 e. The van der Waals surface area contributed by atoms with Crippen LogP contribution in [-0.4, -0.2) is 56.8 Å². The van der Waals surface area contributed by atoms with Crippen molar-refractivity contribution in [2.45, 2.75) is 52.6 Å². The second kappa shape index (κ2) is 8.96. The molecule has 0 bridgehead atoms. The lowest BCUT2D eigenvalue weighted by Crippen LogP contribution is -2.62. The fraction of sp³-hybridized carbons (Fsp3) is 0.462. The molecular formula is C26H34N2S2. The van der Waals surface area contributed by atoms with Crippen LogP contribution < -0.4 is 0 Å². The largest absolute Gasteiger partial charge is 0.291 e. The maximum absolute atomic E-state index is 5.92. The zero-order chi connectivity index (χ0) is 22.1. The van der Waals surface area contributed by atoms with Crippen LogP contribution in [-0.2, 0) is 0 Å². The standard InChI is InChI=1S/C26H34N2S2/c1-19-7-11-21(12-8-19)23(29)25(3,4)27-15-17-28(18-16-27)26(5,6)24(30)22-13-9-20(2)10-14-22/h7-14H,15-18H2,1-6H3. The number of hydrogen-bond acceptors (Lipinski definition) is 4. The van der Waals surface area contributed by atoms with E-state index in [0.717, 1.165) is 47.0 Å². The summed E-state index contributed by atoms with van der Waals surface area (Å²) in [5.74, 6) is 0. The molecule has 0 saturated carbocycles. The van der Waals surface area contributed by atoms with E-state index in [-0.39, 0.29) is 11.1 Å². The van der Waals surface area contributed by atoms with Gasteiger partial charge in [0.25, 0.3) is 0 Å². The van der Waals surface area contributed by atoms with Crippen molar-refractivity contribution in [1.29, 1.82) is 0 Å². The highest BCUT2D eigenvalue weighted by molar-refractivity contribution is 7.81. The summed E-state index contributed by atoms with van der Waals surface area (Å²) in [7, 11) is 0. The molecule has 0 N–H and O–H groups in total. The number of benzene rings is 2. The second-order valence-electron chi connectivity index (χ2n) is 9.48. The van der Waals surface area contributed by atoms with Gasteiger partial charge >= 0.3 is 0 Å². The normalized spacial score (nSPS) is 16.5. The highest BCUT2D eigenvalue weighted by Gasteiger charge is 2.38. The van der Waals surface area contributed by atoms with Crippen molar-refractivity contribution in [3.63, 3.8) is 0 Å². The summed E-state index contributed by atoms with van der Waals surface area (Å²) in [5.41, 5.74) is 4.53. The number of aryl methyl sites for hydroxylation is 2. The quantitative estimate of drug-likeness (QED) is 0.427. The summed E-state index contributed by atoms with van der Waals surface area (Å²) in [6, 6.07) is 17.2. The molecule has 2 aromatic rings. The van der Waals surface area contributed by atoms with Crippen LogP contribution in [0, 0.1) is 13.8 Å². The Morgan fingerprint density at radius 1 is 0.600 bits per heavy atom. The summed E-state index contributed by atoms with van der Waals surface area (Å²) in [4.78, 5) is 7.09. The number of nitrogens with zero attached hydrogens (tertiary/aromatic N) is 2. The third kappa shape index (κ3) is 4.72. The van der Waals surface area contributed by atoms with Crippen LogP contribution in [0.5, 0.6) is 0 Å². The Hall–Kier alpha value is -1.46. The first-order chi connectivity index (χ1) is 14.0. The van der Waals surface area contributed by atoms with E-state index in [4.69, 9.17) is 24.4 Å². The summed E-state index contributed by atoms with van der Waals surface area (Å²) >= 11 is 11.8. The molecule has 0 aromatic heterocycles. The van der Waals surface area contributed by atoms with Gasteiger partial charge in [-0.15, -0.1) is 0 Å². The van der Waals surface area contributed by atoms with Crippen molar-refractivity contribution >= 4 is 34.2 Å². The Kier molecular flexibility index (Phi) is 6.93. The molecule has 4 heteroatoms. The van der Waals surface area contributed by atoms with Gasteiger partial charge in [-0.25, -0.2) is 0 Å². The van der Waals surface area contributed by atoms with E-state index >= 15 is 0 Å². The second-order valence-corrected chi connectivity index (χ2v) is 10.3. The molecule has 0 radical (unpaired) electrons. The first-order valence-electron chi connectivity index (χ1n) is 10.8. The highest BCUT2D eigenvalue weighted by atomic mass is 32.1. The topological polar surface area (TPSA) is 6.48 Å². The summed E-state index contributed by atoms with van der Waals surface area (Å²) in [6.45, 7) is 17.2. The Morgan fingerprint density at radius 2 is 0.867 bits per heavy atom. The fourth-order valence-corrected chi connectivity index (χ4v) is 4.76. The smallest absolute Gasteiger partial charge is 0.0512 e. The molecule has 1 fully saturated rings. The molecule has 1 saturated heterocycles. The highest BCUT2D eigenvalue weighted by Crippen LogP contribution is 2.28. The van der Waals surface area contributed by atoms with Gasteiger partial charge in [0.05, 0.1) is 11.1 Å². The molecule has 2 aromatic carbocycles. The van der Waals surface area contributed by atoms with E-state index in [1.165, 1.54) is 11.1 Å². The van der Waals surface area contributed by atoms with Gasteiger partial charge in [0.2, 0.25) is 0 Å². The maximum atomic E-state index is 5.92. The minimum Gasteiger partial charge on any atom is -0.291 e. The van der Waals surface area contributed by atoms with Gasteiger partial charge in [0, 0.05) is 35.9 Å². The third-order valence-corrected chi connectivity index (χ3v) is 8.07. The average molecular weight is 439 g/mol. The lowest BCUT2D eigenvalue weighted by molar-refractivity contribution is 0.0546. The molecular weight excluding hydrogens is 404 g/mol. The Labute approximate surface area is 193 Å². The van der Waals surface area contributed by atoms with Gasteiger partial charge in [-0.1, -0.05) is 84.1 Å². The van der Waals surface area contributed by atoms with E-state index in [0.29, 0.717) is 0 Å². The van der Waals surface area contributed by atoms with Crippen molar-refractivity contribution in [3.8, 4) is 0 Å². The van der Waals surface area contributed by atoms with E-state index in [1.807, 2.05) is 0 Å². The van der Waals surface area contributed by atoms with E-state index in [2.05, 4.69) is 99.9 Å². The Morgan fingerprint density at radius 3 is 1.13 bits per heavy atom. The SMILES string of the molecule is Cc1ccc(C(=S)C(C)(C)N2CCN(C(C)(C)C(=S)c3ccc(C)cc3)CC2)cc1. The molecule has 0 amide bonds. The number of hydrogen-bond donors (Lipinski definition) is 0. The molecule has 0 atom stereocenters. The molecule has 1 aliphatic rings. The molecule has 0 unspecified atom stereocenters. The zero-order valence-electron chi connectivity index (χ0n) is 19.2. The average Bonchev–Trinajstić information content (AvgIpc) is 2.74. The first kappa shape index (κ1) is 23.2. The van der Waals surface area contributed by atoms with Crippen molar-refractivity contribution < 1.29 is 0 Å². The van der Waals surface area contributed by atoms with Gasteiger partial charge in [-0.05, 0) is 52.7 Å². The van der Waals surface area contributed by atoms with Crippen LogP contribution in [0.2, 0.25) is 0 Å². The van der Waals surface area contributed by atoms with Crippen LogP contribution in [0.25, 0.3) is 0 Å². The molecule has 0 aliphatic carbocycles. The lowest BCUT2D eigenvalue weighted by Gasteiger charge is -2.49. The minimum atomic E-state index is -0.154. The summed E-state index contributed by atoms with van der Waals surface area (Å²) in [6.07, 6.45) is 0. The lowest BCUT2D eigenvalue weighted by atomic mass is 9.89. The first-order valence-corrected chi connectivity index (χ1v) is 11.6. The van der Waals surface area contributed by atoms with Gasteiger partial charge in [-0.2, -0.15) is 0 Å². The van der Waals surface area contributed by atoms with Gasteiger partial charge in [-0.3, -0.25) is 9.80 Å². The van der Waals surface area contributed by atoms with Crippen molar-refractivity contribution in [2.24, 2.45) is 0 Å². The van der Waals surface area contributed by atoms with Crippen LogP contribution >= 0.6 is 24.4 Å². The van der Waals surface area contributed by atoms with Gasteiger partial charge in [0.1, 0.15) is 0 Å². The van der Waals surface area contributed by atoms with Crippen LogP contribution in [0.4, 0.5) is 0 Å². The monoisotopic (exact) mass is 438 g/mol. The molecule has 1 aliphatic heterocycles. The molecule has 160 valence electrons. The predicted octanol–water partition coefficient (Wildman–Crippen LogP) is 5.61. The predicted molar refractivity (Wildman–Crippen MR) is 137 cm³/mol. The molecule has 3 rings (SSSR count). The zero-order valence-corrected chi connectivity index (χ0v) is 20.8. The Bertz CT molecular complexity index is 826. The summed E-state index contributed by atoms with van der Waals surface area (Å²) < 4.78 is 0. The van der Waals surface area contributed by atoms with E-state index in [1.54, 1.807) is 0 Å². The van der Waals surface area contributed by atoms with E-state index < -0.39 is 0 Å². The minimum absolute atomic E-state index is 0.154. The van der Waals surface area contributed by atoms with Crippen LogP contribution in [0.3, 0.4) is 0 Å². The van der Waals surface area contributed by atoms with E-state index in [9.17, 15) is 0 Å². The van der Waals surface area contributed by atoms with Crippen molar-refractivity contribution in [2.75, 3.05) is 26.2 Å². The number of thiocarbonyl (C=S) groups is 2. The van der Waals surface area contributed by atoms with Crippen LogP contribution in [0.1, 0.15) is 49.9 Å². The number of piperazine rings is 1. The molecule has 30 heavy (non-hydrogen) atoms. The third-order valence-electron chi connectivity index (χ3n) is 6.60. The van der Waals surface area contributed by atoms with Crippen LogP contribution in [0.15, 0.2) is 48.5 Å². The van der Waals surface area contributed by atoms with Crippen molar-refractivity contribution in [1.82, 2.24) is 9.80 Å². The number of rotatable bonds is 6. The van der Waals surface area contributed by atoms with Gasteiger partial charge < -0.3 is 0 Å².